The lowest BCUT2D eigenvalue weighted by atomic mass is 10.00. The summed E-state index contributed by atoms with van der Waals surface area (Å²) in [6.45, 7) is 0.590. The Morgan fingerprint density at radius 1 is 0.966 bits per heavy atom. The van der Waals surface area contributed by atoms with Crippen molar-refractivity contribution in [1.82, 2.24) is 16.2 Å². The topological polar surface area (TPSA) is 120 Å². The molecule has 4 rings (SSSR count). The van der Waals surface area contributed by atoms with Crippen LogP contribution in [-0.2, 0) is 6.42 Å². The van der Waals surface area contributed by atoms with Crippen LogP contribution in [0.2, 0.25) is 0 Å². The number of phenolic OH excluding ortho intramolecular Hbond substituents is 1. The van der Waals surface area contributed by atoms with Crippen molar-refractivity contribution in [2.75, 3.05) is 11.9 Å². The van der Waals surface area contributed by atoms with Gasteiger partial charge in [0.05, 0.1) is 5.56 Å². The number of phenols is 1. The minimum atomic E-state index is -0.685. The summed E-state index contributed by atoms with van der Waals surface area (Å²) in [6.07, 6.45) is 0.735. The lowest BCUT2D eigenvalue weighted by Crippen LogP contribution is -2.44. The van der Waals surface area contributed by atoms with Gasteiger partial charge in [-0.05, 0) is 47.0 Å². The molecule has 0 aliphatic carbocycles. The minimum absolute atomic E-state index is 0.0365. The van der Waals surface area contributed by atoms with Crippen LogP contribution in [0.25, 0.3) is 10.8 Å². The maximum atomic E-state index is 12.3. The fourth-order valence-corrected chi connectivity index (χ4v) is 3.24. The summed E-state index contributed by atoms with van der Waals surface area (Å²) in [5.41, 5.74) is 6.37. The highest BCUT2D eigenvalue weighted by Crippen LogP contribution is 2.24. The first-order chi connectivity index (χ1) is 14.0. The van der Waals surface area contributed by atoms with E-state index in [1.165, 1.54) is 6.07 Å². The van der Waals surface area contributed by atoms with Crippen molar-refractivity contribution in [3.05, 3.63) is 71.3 Å². The maximum absolute atomic E-state index is 12.3. The summed E-state index contributed by atoms with van der Waals surface area (Å²) in [4.78, 5) is 36.3. The van der Waals surface area contributed by atoms with Crippen molar-refractivity contribution in [1.29, 1.82) is 0 Å². The molecule has 0 radical (unpaired) electrons. The molecule has 29 heavy (non-hydrogen) atoms. The van der Waals surface area contributed by atoms with Gasteiger partial charge in [-0.25, -0.2) is 10.2 Å². The number of rotatable bonds is 2. The van der Waals surface area contributed by atoms with Gasteiger partial charge in [0.25, 0.3) is 11.8 Å². The molecule has 1 heterocycles. The van der Waals surface area contributed by atoms with Gasteiger partial charge in [-0.1, -0.05) is 30.3 Å². The highest BCUT2D eigenvalue weighted by atomic mass is 16.3. The number of carbonyl (C=O) groups excluding carboxylic acids is 3. The van der Waals surface area contributed by atoms with E-state index in [0.717, 1.165) is 22.8 Å². The Bertz CT molecular complexity index is 1140. The molecule has 0 spiro atoms. The van der Waals surface area contributed by atoms with Gasteiger partial charge in [-0.3, -0.25) is 15.0 Å². The Morgan fingerprint density at radius 3 is 2.52 bits per heavy atom. The zero-order valence-corrected chi connectivity index (χ0v) is 15.3. The van der Waals surface area contributed by atoms with Crippen LogP contribution in [0.1, 0.15) is 26.3 Å². The van der Waals surface area contributed by atoms with Crippen molar-refractivity contribution in [3.63, 3.8) is 0 Å². The predicted octanol–water partition coefficient (Wildman–Crippen LogP) is 2.30. The van der Waals surface area contributed by atoms with Crippen molar-refractivity contribution >= 4 is 34.3 Å². The second-order valence-corrected chi connectivity index (χ2v) is 6.63. The fraction of sp³-hybridized carbons (Fsp3) is 0.0952. The number of carbonyl (C=O) groups is 3. The van der Waals surface area contributed by atoms with Crippen LogP contribution in [0, 0.1) is 0 Å². The molecule has 1 aliphatic rings. The van der Waals surface area contributed by atoms with E-state index in [-0.39, 0.29) is 17.2 Å². The smallest absolute Gasteiger partial charge is 0.337 e. The first kappa shape index (κ1) is 18.3. The monoisotopic (exact) mass is 390 g/mol. The van der Waals surface area contributed by atoms with Gasteiger partial charge in [-0.2, -0.15) is 0 Å². The number of nitrogens with one attached hydrogen (secondary N) is 4. The van der Waals surface area contributed by atoms with E-state index in [0.29, 0.717) is 17.8 Å². The van der Waals surface area contributed by atoms with Crippen molar-refractivity contribution < 1.29 is 19.5 Å². The summed E-state index contributed by atoms with van der Waals surface area (Å²) in [6, 6.07) is 14.7. The van der Waals surface area contributed by atoms with E-state index in [2.05, 4.69) is 21.5 Å². The van der Waals surface area contributed by atoms with Gasteiger partial charge in [0.2, 0.25) is 0 Å². The molecule has 0 bridgehead atoms. The van der Waals surface area contributed by atoms with Crippen molar-refractivity contribution in [2.24, 2.45) is 0 Å². The Labute approximate surface area is 165 Å². The van der Waals surface area contributed by atoms with Crippen LogP contribution in [0.3, 0.4) is 0 Å². The molecule has 5 N–H and O–H groups in total. The molecular formula is C21H18N4O4. The first-order valence-corrected chi connectivity index (χ1v) is 9.01. The van der Waals surface area contributed by atoms with Gasteiger partial charge >= 0.3 is 6.03 Å². The summed E-state index contributed by atoms with van der Waals surface area (Å²) < 4.78 is 0. The normalized spacial score (nSPS) is 12.6. The maximum Gasteiger partial charge on any atom is 0.337 e. The highest BCUT2D eigenvalue weighted by Gasteiger charge is 2.17. The van der Waals surface area contributed by atoms with E-state index in [4.69, 9.17) is 0 Å². The molecule has 0 fully saturated rings. The van der Waals surface area contributed by atoms with Gasteiger partial charge in [0.15, 0.2) is 0 Å². The Kier molecular flexibility index (Phi) is 4.74. The third-order valence-corrected chi connectivity index (χ3v) is 4.69. The zero-order valence-electron chi connectivity index (χ0n) is 15.3. The molecule has 4 amide bonds. The number of fused-ring (bicyclic) bond motifs is 2. The quantitative estimate of drug-likeness (QED) is 0.431. The molecule has 8 nitrogen and oxygen atoms in total. The third kappa shape index (κ3) is 3.81. The number of benzene rings is 3. The van der Waals surface area contributed by atoms with Crippen LogP contribution in [0.4, 0.5) is 10.5 Å². The number of hydrazine groups is 1. The third-order valence-electron chi connectivity index (χ3n) is 4.69. The molecule has 0 saturated heterocycles. The second-order valence-electron chi connectivity index (χ2n) is 6.63. The number of hydrogen-bond acceptors (Lipinski definition) is 4. The zero-order chi connectivity index (χ0) is 20.4. The average molecular weight is 390 g/mol. The van der Waals surface area contributed by atoms with Gasteiger partial charge in [0, 0.05) is 17.8 Å². The molecule has 0 atom stereocenters. The highest BCUT2D eigenvalue weighted by molar-refractivity contribution is 6.03. The second kappa shape index (κ2) is 7.51. The van der Waals surface area contributed by atoms with E-state index in [9.17, 15) is 19.5 Å². The van der Waals surface area contributed by atoms with E-state index >= 15 is 0 Å². The Morgan fingerprint density at radius 2 is 1.72 bits per heavy atom. The number of urea groups is 1. The number of hydrogen-bond donors (Lipinski definition) is 5. The Balaban J connectivity index is 1.41. The SMILES string of the molecule is O=C(NNC(=O)c1cc2ccccc2cc1O)Nc1ccc2c(c1)C(=O)NCC2. The van der Waals surface area contributed by atoms with Gasteiger partial charge in [0.1, 0.15) is 5.75 Å². The van der Waals surface area contributed by atoms with Crippen LogP contribution in [-0.4, -0.2) is 29.5 Å². The number of anilines is 1. The molecule has 146 valence electrons. The van der Waals surface area contributed by atoms with Crippen LogP contribution in [0.15, 0.2) is 54.6 Å². The molecule has 0 aromatic heterocycles. The van der Waals surface area contributed by atoms with E-state index < -0.39 is 11.9 Å². The number of amides is 4. The molecule has 8 heteroatoms. The molecule has 3 aromatic carbocycles. The number of aromatic hydroxyl groups is 1. The van der Waals surface area contributed by atoms with E-state index in [1.807, 2.05) is 24.3 Å². The standard InChI is InChI=1S/C21H18N4O4/c26-18-10-14-4-2-1-3-13(14)9-17(18)20(28)24-25-21(29)23-15-6-5-12-7-8-22-19(27)16(12)11-15/h1-6,9-11,26H,7-8H2,(H,22,27)(H,24,28)(H2,23,25,29). The van der Waals surface area contributed by atoms with Crippen LogP contribution >= 0.6 is 0 Å². The molecule has 3 aromatic rings. The average Bonchev–Trinajstić information content (AvgIpc) is 2.72. The molecular weight excluding hydrogens is 372 g/mol. The fourth-order valence-electron chi connectivity index (χ4n) is 3.24. The van der Waals surface area contributed by atoms with Gasteiger partial charge < -0.3 is 15.7 Å². The predicted molar refractivity (Wildman–Crippen MR) is 108 cm³/mol. The largest absolute Gasteiger partial charge is 0.507 e. The molecule has 0 unspecified atom stereocenters. The lowest BCUT2D eigenvalue weighted by molar-refractivity contribution is 0.0931. The van der Waals surface area contributed by atoms with Crippen molar-refractivity contribution in [2.45, 2.75) is 6.42 Å². The van der Waals surface area contributed by atoms with E-state index in [1.54, 1.807) is 24.3 Å². The first-order valence-electron chi connectivity index (χ1n) is 9.01. The summed E-state index contributed by atoms with van der Waals surface area (Å²) in [5, 5.41) is 17.0. The van der Waals surface area contributed by atoms with Crippen molar-refractivity contribution in [3.8, 4) is 5.75 Å². The van der Waals surface area contributed by atoms with Crippen LogP contribution in [0.5, 0.6) is 5.75 Å². The van der Waals surface area contributed by atoms with Gasteiger partial charge in [-0.15, -0.1) is 0 Å². The van der Waals surface area contributed by atoms with Crippen LogP contribution < -0.4 is 21.5 Å². The molecule has 0 saturated carbocycles. The minimum Gasteiger partial charge on any atom is -0.507 e. The summed E-state index contributed by atoms with van der Waals surface area (Å²) in [7, 11) is 0. The molecule has 1 aliphatic heterocycles. The summed E-state index contributed by atoms with van der Waals surface area (Å²) in [5.74, 6) is -1.03. The Hall–Kier alpha value is -4.07. The summed E-state index contributed by atoms with van der Waals surface area (Å²) >= 11 is 0. The lowest BCUT2D eigenvalue weighted by Gasteiger charge is -2.17.